The molecular weight excluding hydrogens is 502 g/mol. The summed E-state index contributed by atoms with van der Waals surface area (Å²) in [5.74, 6) is -0.934. The molecule has 0 saturated carbocycles. The topological polar surface area (TPSA) is 171 Å². The summed E-state index contributed by atoms with van der Waals surface area (Å²) in [6.07, 6.45) is 3.91. The molecule has 1 saturated heterocycles. The van der Waals surface area contributed by atoms with Crippen molar-refractivity contribution in [3.05, 3.63) is 51.9 Å². The number of urea groups is 1. The highest BCUT2D eigenvalue weighted by atomic mass is 32.1. The second-order valence-electron chi connectivity index (χ2n) is 8.76. The van der Waals surface area contributed by atoms with Gasteiger partial charge in [0, 0.05) is 19.3 Å². The number of carbonyl (C=O) groups excluding carboxylic acids is 3. The number of aryl methyl sites for hydroxylation is 2. The van der Waals surface area contributed by atoms with Crippen LogP contribution in [0, 0.1) is 13.8 Å². The summed E-state index contributed by atoms with van der Waals surface area (Å²) in [6, 6.07) is 3.51. The van der Waals surface area contributed by atoms with Crippen LogP contribution in [0.2, 0.25) is 0 Å². The van der Waals surface area contributed by atoms with Crippen LogP contribution in [0.4, 0.5) is 9.93 Å². The van der Waals surface area contributed by atoms with Crippen molar-refractivity contribution in [2.24, 2.45) is 5.73 Å². The van der Waals surface area contributed by atoms with E-state index >= 15 is 0 Å². The largest absolute Gasteiger partial charge is 0.519 e. The number of esters is 1. The fourth-order valence-corrected chi connectivity index (χ4v) is 4.60. The molecule has 13 heteroatoms. The van der Waals surface area contributed by atoms with Gasteiger partial charge in [-0.3, -0.25) is 19.9 Å². The number of primary amides is 1. The highest BCUT2D eigenvalue weighted by molar-refractivity contribution is 7.19. The lowest BCUT2D eigenvalue weighted by Crippen LogP contribution is -2.32. The van der Waals surface area contributed by atoms with Crippen LogP contribution < -0.4 is 16.9 Å². The van der Waals surface area contributed by atoms with Gasteiger partial charge < -0.3 is 24.2 Å². The molecule has 37 heavy (non-hydrogen) atoms. The maximum absolute atomic E-state index is 12.8. The first-order valence-electron chi connectivity index (χ1n) is 11.5. The van der Waals surface area contributed by atoms with E-state index in [1.54, 1.807) is 31.9 Å². The molecule has 3 N–H and O–H groups in total. The molecule has 1 aliphatic heterocycles. The maximum atomic E-state index is 12.8. The molecule has 0 atom stereocenters. The number of hydrogen-bond acceptors (Lipinski definition) is 10. The number of nitrogens with zero attached hydrogens (tertiary/aromatic N) is 3. The molecule has 0 aliphatic carbocycles. The number of thiazole rings is 1. The van der Waals surface area contributed by atoms with Gasteiger partial charge >= 0.3 is 17.8 Å². The van der Waals surface area contributed by atoms with Gasteiger partial charge in [-0.25, -0.2) is 14.6 Å². The minimum atomic E-state index is -1.07. The summed E-state index contributed by atoms with van der Waals surface area (Å²) in [5.41, 5.74) is 5.21. The molecule has 3 amide bonds. The summed E-state index contributed by atoms with van der Waals surface area (Å²) in [7, 11) is 0. The van der Waals surface area contributed by atoms with E-state index in [-0.39, 0.29) is 30.6 Å². The minimum absolute atomic E-state index is 0.138. The third kappa shape index (κ3) is 6.61. The Hall–Kier alpha value is -4.00. The molecule has 3 aromatic rings. The summed E-state index contributed by atoms with van der Waals surface area (Å²) >= 11 is 1.37. The van der Waals surface area contributed by atoms with Crippen molar-refractivity contribution in [2.75, 3.05) is 18.4 Å². The summed E-state index contributed by atoms with van der Waals surface area (Å²) in [4.78, 5) is 56.6. The number of rotatable bonds is 6. The van der Waals surface area contributed by atoms with E-state index in [0.29, 0.717) is 10.8 Å². The predicted molar refractivity (Wildman–Crippen MR) is 135 cm³/mol. The van der Waals surface area contributed by atoms with Crippen molar-refractivity contribution in [3.8, 4) is 10.4 Å². The van der Waals surface area contributed by atoms with Gasteiger partial charge in [0.15, 0.2) is 23.3 Å². The van der Waals surface area contributed by atoms with Crippen LogP contribution >= 0.6 is 11.3 Å². The van der Waals surface area contributed by atoms with E-state index in [4.69, 9.17) is 18.4 Å². The van der Waals surface area contributed by atoms with Gasteiger partial charge in [0.05, 0.1) is 16.3 Å². The standard InChI is InChI=1S/C23H26N4O6S.CH3NO/c1-13-18(34-20(25-13)26-21(29)27-9-5-6-10-27)15-7-8-24-17(11-15)23(3,4)19(28)31-12-16-14(2)32-22(30)33-16;2-1-3/h7-8,11H,5-6,9-10,12H2,1-4H3,(H,25,26,29);1H,(H2,2,3). The van der Waals surface area contributed by atoms with Crippen LogP contribution in [-0.2, 0) is 26.3 Å². The van der Waals surface area contributed by atoms with Crippen molar-refractivity contribution >= 4 is 34.9 Å². The van der Waals surface area contributed by atoms with Gasteiger partial charge in [-0.2, -0.15) is 0 Å². The van der Waals surface area contributed by atoms with Gasteiger partial charge in [-0.15, -0.1) is 0 Å². The van der Waals surface area contributed by atoms with Gasteiger partial charge in [0.25, 0.3) is 0 Å². The van der Waals surface area contributed by atoms with Crippen LogP contribution in [-0.4, -0.2) is 46.4 Å². The second-order valence-corrected chi connectivity index (χ2v) is 9.76. The number of nitrogens with two attached hydrogens (primary N) is 1. The Morgan fingerprint density at radius 3 is 2.57 bits per heavy atom. The highest BCUT2D eigenvalue weighted by Gasteiger charge is 2.34. The van der Waals surface area contributed by atoms with E-state index < -0.39 is 17.2 Å². The number of hydrogen-bond donors (Lipinski definition) is 2. The molecule has 4 rings (SSSR count). The molecule has 1 fully saturated rings. The minimum Gasteiger partial charge on any atom is -0.457 e. The maximum Gasteiger partial charge on any atom is 0.519 e. The average Bonchev–Trinajstić information content (AvgIpc) is 3.58. The van der Waals surface area contributed by atoms with Crippen LogP contribution in [0.3, 0.4) is 0 Å². The number of aromatic nitrogens is 2. The molecule has 1 aliphatic rings. The predicted octanol–water partition coefficient (Wildman–Crippen LogP) is 3.12. The Labute approximate surface area is 216 Å². The van der Waals surface area contributed by atoms with E-state index in [1.165, 1.54) is 11.3 Å². The number of anilines is 1. The lowest BCUT2D eigenvalue weighted by molar-refractivity contribution is -0.151. The molecule has 4 heterocycles. The van der Waals surface area contributed by atoms with E-state index in [1.807, 2.05) is 19.1 Å². The average molecular weight is 532 g/mol. The van der Waals surface area contributed by atoms with Crippen LogP contribution in [0.25, 0.3) is 10.4 Å². The van der Waals surface area contributed by atoms with E-state index in [0.717, 1.165) is 42.1 Å². The van der Waals surface area contributed by atoms with E-state index in [2.05, 4.69) is 21.0 Å². The zero-order valence-corrected chi connectivity index (χ0v) is 21.8. The molecule has 3 aromatic heterocycles. The van der Waals surface area contributed by atoms with Gasteiger partial charge in [0.1, 0.15) is 5.41 Å². The SMILES string of the molecule is Cc1nc(NC(=O)N2CCCC2)sc1-c1ccnc(C(C)(C)C(=O)OCc2oc(=O)oc2C)c1.NC=O. The smallest absolute Gasteiger partial charge is 0.457 e. The monoisotopic (exact) mass is 531 g/mol. The molecule has 198 valence electrons. The Morgan fingerprint density at radius 1 is 1.27 bits per heavy atom. The van der Waals surface area contributed by atoms with Crippen molar-refractivity contribution in [2.45, 2.75) is 52.6 Å². The molecule has 0 spiro atoms. The lowest BCUT2D eigenvalue weighted by Gasteiger charge is -2.22. The molecule has 0 bridgehead atoms. The van der Waals surface area contributed by atoms with Gasteiger partial charge in [-0.1, -0.05) is 11.3 Å². The van der Waals surface area contributed by atoms with E-state index in [9.17, 15) is 14.4 Å². The van der Waals surface area contributed by atoms with Gasteiger partial charge in [-0.05, 0) is 58.2 Å². The fourth-order valence-electron chi connectivity index (χ4n) is 3.64. The first-order valence-corrected chi connectivity index (χ1v) is 12.3. The van der Waals surface area contributed by atoms with Crippen molar-refractivity contribution in [1.29, 1.82) is 0 Å². The van der Waals surface area contributed by atoms with Gasteiger partial charge in [0.2, 0.25) is 6.41 Å². The molecule has 12 nitrogen and oxygen atoms in total. The Kier molecular flexibility index (Phi) is 8.81. The third-order valence-electron chi connectivity index (χ3n) is 5.75. The number of likely N-dealkylation sites (tertiary alicyclic amines) is 1. The molecule has 0 radical (unpaired) electrons. The van der Waals surface area contributed by atoms with Crippen molar-refractivity contribution in [1.82, 2.24) is 14.9 Å². The molecule has 0 aromatic carbocycles. The number of amides is 3. The first kappa shape index (κ1) is 27.6. The Morgan fingerprint density at radius 2 is 1.95 bits per heavy atom. The highest BCUT2D eigenvalue weighted by Crippen LogP contribution is 2.35. The number of carbonyl (C=O) groups is 3. The summed E-state index contributed by atoms with van der Waals surface area (Å²) in [6.45, 7) is 8.15. The zero-order valence-electron chi connectivity index (χ0n) is 21.0. The van der Waals surface area contributed by atoms with Crippen molar-refractivity contribution in [3.63, 3.8) is 0 Å². The second kappa shape index (κ2) is 11.8. The third-order valence-corrected chi connectivity index (χ3v) is 6.87. The fraction of sp³-hybridized carbons (Fsp3) is 0.417. The Balaban J connectivity index is 0.00000121. The number of nitrogens with one attached hydrogen (secondary N) is 1. The first-order chi connectivity index (χ1) is 17.6. The number of ether oxygens (including phenoxy) is 1. The number of pyridine rings is 1. The normalized spacial score (nSPS) is 13.0. The quantitative estimate of drug-likeness (QED) is 0.358. The van der Waals surface area contributed by atoms with Crippen LogP contribution in [0.5, 0.6) is 0 Å². The van der Waals surface area contributed by atoms with Crippen LogP contribution in [0.1, 0.15) is 49.6 Å². The summed E-state index contributed by atoms with van der Waals surface area (Å²) < 4.78 is 15.0. The Bertz CT molecular complexity index is 1320. The molecule has 0 unspecified atom stereocenters. The van der Waals surface area contributed by atoms with Crippen LogP contribution in [0.15, 0.2) is 32.0 Å². The van der Waals surface area contributed by atoms with Crippen molar-refractivity contribution < 1.29 is 28.0 Å². The summed E-state index contributed by atoms with van der Waals surface area (Å²) in [5, 5.41) is 3.41. The molecular formula is C24H29N5O7S. The lowest BCUT2D eigenvalue weighted by atomic mass is 9.88. The zero-order chi connectivity index (χ0) is 27.2.